The van der Waals surface area contributed by atoms with Crippen molar-refractivity contribution in [3.05, 3.63) is 48.0 Å². The zero-order chi connectivity index (χ0) is 16.4. The maximum atomic E-state index is 12.7. The van der Waals surface area contributed by atoms with Gasteiger partial charge in [0.15, 0.2) is 0 Å². The number of methoxy groups -OCH3 is 1. The lowest BCUT2D eigenvalue weighted by atomic mass is 10.0. The van der Waals surface area contributed by atoms with Crippen LogP contribution >= 0.6 is 12.4 Å². The topological polar surface area (TPSA) is 55.6 Å². The Kier molecular flexibility index (Phi) is 6.21. The number of carbonyl (C=O) groups excluding carboxylic acids is 1. The van der Waals surface area contributed by atoms with Crippen LogP contribution in [0.15, 0.2) is 42.5 Å². The second-order valence-corrected chi connectivity index (χ2v) is 6.32. The van der Waals surface area contributed by atoms with E-state index in [-0.39, 0.29) is 31.0 Å². The van der Waals surface area contributed by atoms with Gasteiger partial charge in [-0.1, -0.05) is 36.4 Å². The Morgan fingerprint density at radius 1 is 1.25 bits per heavy atom. The van der Waals surface area contributed by atoms with Gasteiger partial charge >= 0.3 is 0 Å². The molecule has 2 unspecified atom stereocenters. The molecule has 0 heterocycles. The van der Waals surface area contributed by atoms with Crippen LogP contribution in [-0.4, -0.2) is 36.6 Å². The zero-order valence-corrected chi connectivity index (χ0v) is 15.0. The first-order valence-corrected chi connectivity index (χ1v) is 8.17. The summed E-state index contributed by atoms with van der Waals surface area (Å²) < 4.78 is 5.05. The van der Waals surface area contributed by atoms with E-state index in [2.05, 4.69) is 37.3 Å². The minimum Gasteiger partial charge on any atom is -0.383 e. The molecule has 3 rings (SSSR count). The van der Waals surface area contributed by atoms with Gasteiger partial charge in [0.1, 0.15) is 6.04 Å². The fraction of sp³-hybridized carbons (Fsp3) is 0.421. The van der Waals surface area contributed by atoms with E-state index in [1.807, 2.05) is 17.0 Å². The van der Waals surface area contributed by atoms with E-state index in [9.17, 15) is 4.79 Å². The van der Waals surface area contributed by atoms with E-state index >= 15 is 0 Å². The summed E-state index contributed by atoms with van der Waals surface area (Å²) in [5, 5.41) is 2.41. The molecule has 1 aliphatic rings. The van der Waals surface area contributed by atoms with Gasteiger partial charge in [-0.05, 0) is 42.2 Å². The van der Waals surface area contributed by atoms with Crippen LogP contribution in [0.3, 0.4) is 0 Å². The number of hydrogen-bond donors (Lipinski definition) is 1. The number of benzene rings is 2. The number of fused-ring (bicyclic) bond motifs is 1. The molecule has 2 atom stereocenters. The van der Waals surface area contributed by atoms with Crippen molar-refractivity contribution < 1.29 is 9.53 Å². The molecule has 0 spiro atoms. The van der Waals surface area contributed by atoms with Crippen LogP contribution in [0.2, 0.25) is 0 Å². The number of hydrogen-bond acceptors (Lipinski definition) is 3. The van der Waals surface area contributed by atoms with E-state index in [0.717, 1.165) is 18.4 Å². The third-order valence-electron chi connectivity index (χ3n) is 4.53. The van der Waals surface area contributed by atoms with Gasteiger partial charge in [-0.3, -0.25) is 4.79 Å². The number of amides is 1. The quantitative estimate of drug-likeness (QED) is 0.871. The number of carbonyl (C=O) groups is 1. The summed E-state index contributed by atoms with van der Waals surface area (Å²) in [6.07, 6.45) is 2.12. The van der Waals surface area contributed by atoms with Crippen molar-refractivity contribution in [2.75, 3.05) is 13.7 Å². The molecule has 0 aliphatic heterocycles. The molecule has 130 valence electrons. The average Bonchev–Trinajstić information content (AvgIpc) is 3.39. The second-order valence-electron chi connectivity index (χ2n) is 6.32. The monoisotopic (exact) mass is 348 g/mol. The SMILES string of the molecule is COCC(N)C(=O)N(C1CC1)C(C)c1ccc2ccccc2c1.Cl. The maximum Gasteiger partial charge on any atom is 0.242 e. The predicted octanol–water partition coefficient (Wildman–Crippen LogP) is 3.29. The number of rotatable bonds is 6. The van der Waals surface area contributed by atoms with E-state index in [4.69, 9.17) is 10.5 Å². The van der Waals surface area contributed by atoms with Crippen LogP contribution in [0, 0.1) is 0 Å². The van der Waals surface area contributed by atoms with Crippen molar-refractivity contribution in [2.24, 2.45) is 5.73 Å². The van der Waals surface area contributed by atoms with Crippen LogP contribution in [0.5, 0.6) is 0 Å². The Labute approximate surface area is 149 Å². The van der Waals surface area contributed by atoms with E-state index in [0.29, 0.717) is 6.04 Å². The van der Waals surface area contributed by atoms with Crippen molar-refractivity contribution in [3.8, 4) is 0 Å². The van der Waals surface area contributed by atoms with Gasteiger partial charge in [0.05, 0.1) is 12.6 Å². The second kappa shape index (κ2) is 7.97. The lowest BCUT2D eigenvalue weighted by Gasteiger charge is -2.32. The third kappa shape index (κ3) is 3.89. The van der Waals surface area contributed by atoms with Crippen LogP contribution < -0.4 is 5.73 Å². The van der Waals surface area contributed by atoms with Crippen molar-refractivity contribution in [3.63, 3.8) is 0 Å². The molecule has 4 nitrogen and oxygen atoms in total. The molecule has 0 saturated heterocycles. The first kappa shape index (κ1) is 18.7. The Hall–Kier alpha value is -1.62. The van der Waals surface area contributed by atoms with Gasteiger partial charge in [0.2, 0.25) is 5.91 Å². The highest BCUT2D eigenvalue weighted by Gasteiger charge is 2.38. The van der Waals surface area contributed by atoms with Crippen LogP contribution in [-0.2, 0) is 9.53 Å². The normalized spacial score (nSPS) is 16.3. The summed E-state index contributed by atoms with van der Waals surface area (Å²) in [4.78, 5) is 14.7. The van der Waals surface area contributed by atoms with Crippen LogP contribution in [0.25, 0.3) is 10.8 Å². The van der Waals surface area contributed by atoms with Crippen molar-refractivity contribution >= 4 is 29.1 Å². The van der Waals surface area contributed by atoms with Crippen LogP contribution in [0.4, 0.5) is 0 Å². The molecular formula is C19H25ClN2O2. The molecule has 1 amide bonds. The maximum absolute atomic E-state index is 12.7. The van der Waals surface area contributed by atoms with Gasteiger partial charge in [-0.25, -0.2) is 0 Å². The smallest absolute Gasteiger partial charge is 0.242 e. The molecule has 1 saturated carbocycles. The summed E-state index contributed by atoms with van der Waals surface area (Å²) in [6.45, 7) is 2.34. The lowest BCUT2D eigenvalue weighted by molar-refractivity contribution is -0.136. The highest BCUT2D eigenvalue weighted by molar-refractivity contribution is 5.85. The number of ether oxygens (including phenoxy) is 1. The van der Waals surface area contributed by atoms with Gasteiger partial charge in [-0.15, -0.1) is 12.4 Å². The standard InChI is InChI=1S/C19H24N2O2.ClH/c1-13(15-8-7-14-5-3-4-6-16(14)11-15)21(17-9-10-17)19(22)18(20)12-23-2;/h3-8,11,13,17-18H,9-10,12,20H2,1-2H3;1H. The highest BCUT2D eigenvalue weighted by Crippen LogP contribution is 2.35. The minimum absolute atomic E-state index is 0. The summed E-state index contributed by atoms with van der Waals surface area (Å²) in [5.41, 5.74) is 7.13. The lowest BCUT2D eigenvalue weighted by Crippen LogP contribution is -2.48. The molecule has 2 aromatic carbocycles. The number of halogens is 1. The fourth-order valence-corrected chi connectivity index (χ4v) is 3.11. The van der Waals surface area contributed by atoms with Gasteiger partial charge < -0.3 is 15.4 Å². The Bertz CT molecular complexity index is 703. The van der Waals surface area contributed by atoms with Gasteiger partial charge in [0, 0.05) is 13.2 Å². The number of nitrogens with zero attached hydrogens (tertiary/aromatic N) is 1. The van der Waals surface area contributed by atoms with Crippen LogP contribution in [0.1, 0.15) is 31.4 Å². The van der Waals surface area contributed by atoms with Crippen molar-refractivity contribution in [1.29, 1.82) is 0 Å². The predicted molar refractivity (Wildman–Crippen MR) is 99.3 cm³/mol. The first-order valence-electron chi connectivity index (χ1n) is 8.17. The summed E-state index contributed by atoms with van der Waals surface area (Å²) in [6, 6.07) is 14.4. The first-order chi connectivity index (χ1) is 11.1. The largest absolute Gasteiger partial charge is 0.383 e. The van der Waals surface area contributed by atoms with E-state index in [1.54, 1.807) is 7.11 Å². The molecule has 0 bridgehead atoms. The Morgan fingerprint density at radius 2 is 1.92 bits per heavy atom. The molecule has 5 heteroatoms. The molecule has 2 N–H and O–H groups in total. The summed E-state index contributed by atoms with van der Waals surface area (Å²) in [5.74, 6) is -0.0185. The molecule has 0 radical (unpaired) electrons. The van der Waals surface area contributed by atoms with E-state index < -0.39 is 6.04 Å². The summed E-state index contributed by atoms with van der Waals surface area (Å²) >= 11 is 0. The third-order valence-corrected chi connectivity index (χ3v) is 4.53. The molecule has 1 fully saturated rings. The zero-order valence-electron chi connectivity index (χ0n) is 14.1. The number of nitrogens with two attached hydrogens (primary N) is 1. The fourth-order valence-electron chi connectivity index (χ4n) is 3.11. The average molecular weight is 349 g/mol. The molecule has 24 heavy (non-hydrogen) atoms. The molecule has 0 aromatic heterocycles. The summed E-state index contributed by atoms with van der Waals surface area (Å²) in [7, 11) is 1.57. The van der Waals surface area contributed by atoms with E-state index in [1.165, 1.54) is 10.8 Å². The minimum atomic E-state index is -0.594. The molecule has 2 aromatic rings. The molecular weight excluding hydrogens is 324 g/mol. The van der Waals surface area contributed by atoms with Gasteiger partial charge in [-0.2, -0.15) is 0 Å². The Morgan fingerprint density at radius 3 is 2.54 bits per heavy atom. The van der Waals surface area contributed by atoms with Gasteiger partial charge in [0.25, 0.3) is 0 Å². The Balaban J connectivity index is 0.00000208. The van der Waals surface area contributed by atoms with Crippen molar-refractivity contribution in [1.82, 2.24) is 4.90 Å². The highest BCUT2D eigenvalue weighted by atomic mass is 35.5. The van der Waals surface area contributed by atoms with Crippen molar-refractivity contribution in [2.45, 2.75) is 37.9 Å². The molecule has 1 aliphatic carbocycles.